The van der Waals surface area contributed by atoms with Crippen molar-refractivity contribution in [2.45, 2.75) is 44.9 Å². The molecule has 6 heterocycles. The minimum atomic E-state index is -0.233. The molecule has 0 unspecified atom stereocenters. The number of hydrogen-bond donors (Lipinski definition) is 0. The molecular formula is C73H56N6O4. The zero-order chi connectivity index (χ0) is 57.1. The zero-order valence-electron chi connectivity index (χ0n) is 47.0. The van der Waals surface area contributed by atoms with Crippen molar-refractivity contribution in [3.05, 3.63) is 238 Å². The summed E-state index contributed by atoms with van der Waals surface area (Å²) in [5.41, 5.74) is 16.5. The van der Waals surface area contributed by atoms with E-state index < -0.39 is 0 Å². The summed E-state index contributed by atoms with van der Waals surface area (Å²) < 4.78 is 23.8. The second-order valence-corrected chi connectivity index (χ2v) is 19.7. The molecule has 0 radical (unpaired) electrons. The van der Waals surface area contributed by atoms with Crippen molar-refractivity contribution in [2.75, 3.05) is 28.4 Å². The Bertz CT molecular complexity index is 3920. The second-order valence-electron chi connectivity index (χ2n) is 19.7. The van der Waals surface area contributed by atoms with Gasteiger partial charge in [-0.2, -0.15) is 0 Å². The van der Waals surface area contributed by atoms with Crippen LogP contribution < -0.4 is 18.9 Å². The molecule has 10 nitrogen and oxygen atoms in total. The topological polar surface area (TPSA) is 114 Å². The zero-order valence-corrected chi connectivity index (χ0v) is 47.0. The first-order chi connectivity index (χ1) is 40.8. The van der Waals surface area contributed by atoms with E-state index in [-0.39, 0.29) is 5.41 Å². The first-order valence-electron chi connectivity index (χ1n) is 27.4. The van der Waals surface area contributed by atoms with Gasteiger partial charge in [-0.15, -0.1) is 0 Å². The van der Waals surface area contributed by atoms with Crippen LogP contribution in [0.4, 0.5) is 0 Å². The summed E-state index contributed by atoms with van der Waals surface area (Å²) >= 11 is 0. The van der Waals surface area contributed by atoms with Gasteiger partial charge in [0.15, 0.2) is 0 Å². The monoisotopic (exact) mass is 1080 g/mol. The third-order valence-electron chi connectivity index (χ3n) is 14.5. The van der Waals surface area contributed by atoms with Crippen molar-refractivity contribution < 1.29 is 18.9 Å². The highest BCUT2D eigenvalue weighted by molar-refractivity contribution is 5.83. The average molecular weight is 1080 g/mol. The van der Waals surface area contributed by atoms with E-state index in [1.54, 1.807) is 53.2 Å². The lowest BCUT2D eigenvalue weighted by Gasteiger charge is -2.32. The van der Waals surface area contributed by atoms with E-state index in [0.29, 0.717) is 68.0 Å². The van der Waals surface area contributed by atoms with E-state index in [0.717, 1.165) is 70.7 Å². The van der Waals surface area contributed by atoms with Crippen LogP contribution in [0.2, 0.25) is 0 Å². The van der Waals surface area contributed by atoms with Crippen LogP contribution >= 0.6 is 0 Å². The number of nitrogens with zero attached hydrogens (tertiary/aromatic N) is 6. The summed E-state index contributed by atoms with van der Waals surface area (Å²) in [7, 11) is 6.56. The average Bonchev–Trinajstić information content (AvgIpc) is 3.91. The first-order valence-corrected chi connectivity index (χ1v) is 27.4. The lowest BCUT2D eigenvalue weighted by molar-refractivity contribution is 0.401. The van der Waals surface area contributed by atoms with E-state index >= 15 is 0 Å². The van der Waals surface area contributed by atoms with E-state index in [2.05, 4.69) is 118 Å². The number of aromatic nitrogens is 6. The molecule has 0 saturated heterocycles. The van der Waals surface area contributed by atoms with Crippen LogP contribution in [0.5, 0.6) is 23.0 Å². The van der Waals surface area contributed by atoms with Gasteiger partial charge in [-0.1, -0.05) is 110 Å². The van der Waals surface area contributed by atoms with Crippen LogP contribution in [0.25, 0.3) is 56.7 Å². The summed E-state index contributed by atoms with van der Waals surface area (Å²) in [4.78, 5) is 28.0. The number of pyridine rings is 6. The predicted octanol–water partition coefficient (Wildman–Crippen LogP) is 14.2. The van der Waals surface area contributed by atoms with Gasteiger partial charge in [-0.3, -0.25) is 19.9 Å². The van der Waals surface area contributed by atoms with Crippen molar-refractivity contribution in [1.82, 2.24) is 29.9 Å². The standard InChI is InChI=1S/C73H56N6O4/c1-7-33-73(34-8-2)59-39-49(21-27-53-45-71(82-5)55(47-69(53)80-3)29-23-51-41-65(61-17-9-13-35-74-61)78-66(42-51)62-18-10-14-36-75-62)25-31-57(59)58-32-26-50(40-60(58)73)22-28-54-46-72(83-6)56(48-70(54)81-4)30-24-52-43-67(63-19-11-15-37-76-63)79-68(44-52)64-20-12-16-38-77-64/h9-20,25-26,31-32,35-48H,7-8,33-34H2,1-6H3. The fourth-order valence-corrected chi connectivity index (χ4v) is 10.7. The van der Waals surface area contributed by atoms with Crippen molar-refractivity contribution in [3.63, 3.8) is 0 Å². The van der Waals surface area contributed by atoms with Crippen LogP contribution in [0, 0.1) is 47.4 Å². The summed E-state index contributed by atoms with van der Waals surface area (Å²) in [6.07, 6.45) is 10.9. The molecule has 4 aromatic carbocycles. The Balaban J connectivity index is 0.881. The number of hydrogen-bond acceptors (Lipinski definition) is 10. The van der Waals surface area contributed by atoms with Gasteiger partial charge in [0, 0.05) is 76.7 Å². The molecule has 6 aromatic heterocycles. The number of fused-ring (bicyclic) bond motifs is 3. The van der Waals surface area contributed by atoms with E-state index in [4.69, 9.17) is 28.9 Å². The number of methoxy groups -OCH3 is 4. The molecule has 0 aliphatic heterocycles. The molecule has 0 spiro atoms. The Kier molecular flexibility index (Phi) is 16.1. The highest BCUT2D eigenvalue weighted by Gasteiger charge is 2.42. The highest BCUT2D eigenvalue weighted by Crippen LogP contribution is 2.54. The Morgan fingerprint density at radius 2 is 0.627 bits per heavy atom. The maximum atomic E-state index is 5.95. The van der Waals surface area contributed by atoms with Crippen molar-refractivity contribution in [1.29, 1.82) is 0 Å². The van der Waals surface area contributed by atoms with Crippen LogP contribution in [0.3, 0.4) is 0 Å². The molecule has 83 heavy (non-hydrogen) atoms. The van der Waals surface area contributed by atoms with Gasteiger partial charge in [0.1, 0.15) is 23.0 Å². The summed E-state index contributed by atoms with van der Waals surface area (Å²) in [6, 6.07) is 51.5. The van der Waals surface area contributed by atoms with Gasteiger partial charge in [0.05, 0.1) is 96.2 Å². The van der Waals surface area contributed by atoms with E-state index in [1.165, 1.54) is 22.3 Å². The molecule has 0 bridgehead atoms. The quantitative estimate of drug-likeness (QED) is 0.110. The van der Waals surface area contributed by atoms with Gasteiger partial charge in [0.2, 0.25) is 0 Å². The highest BCUT2D eigenvalue weighted by atomic mass is 16.5. The third-order valence-corrected chi connectivity index (χ3v) is 14.5. The van der Waals surface area contributed by atoms with Crippen molar-refractivity contribution in [3.8, 4) is 127 Å². The molecule has 0 atom stereocenters. The minimum Gasteiger partial charge on any atom is -0.495 e. The smallest absolute Gasteiger partial charge is 0.136 e. The third kappa shape index (κ3) is 11.6. The largest absolute Gasteiger partial charge is 0.495 e. The molecular weight excluding hydrogens is 1020 g/mol. The predicted molar refractivity (Wildman–Crippen MR) is 327 cm³/mol. The van der Waals surface area contributed by atoms with Crippen LogP contribution in [0.15, 0.2) is 183 Å². The maximum absolute atomic E-state index is 5.95. The Hall–Kier alpha value is -10.8. The Morgan fingerprint density at radius 3 is 0.892 bits per heavy atom. The molecule has 1 aliphatic carbocycles. The molecule has 402 valence electrons. The van der Waals surface area contributed by atoms with E-state index in [9.17, 15) is 0 Å². The van der Waals surface area contributed by atoms with Crippen LogP contribution in [-0.2, 0) is 5.41 Å². The number of benzene rings is 4. The first kappa shape index (κ1) is 54.2. The molecule has 0 saturated carbocycles. The second kappa shape index (κ2) is 24.7. The molecule has 10 aromatic rings. The van der Waals surface area contributed by atoms with Gasteiger partial charge < -0.3 is 18.9 Å². The van der Waals surface area contributed by atoms with Crippen molar-refractivity contribution >= 4 is 0 Å². The van der Waals surface area contributed by atoms with Gasteiger partial charge >= 0.3 is 0 Å². The summed E-state index contributed by atoms with van der Waals surface area (Å²) in [6.45, 7) is 4.52. The van der Waals surface area contributed by atoms with Crippen LogP contribution in [-0.4, -0.2) is 58.3 Å². The fourth-order valence-electron chi connectivity index (χ4n) is 10.7. The van der Waals surface area contributed by atoms with Crippen LogP contribution in [0.1, 0.15) is 95.2 Å². The maximum Gasteiger partial charge on any atom is 0.136 e. The normalized spacial score (nSPS) is 11.4. The number of rotatable bonds is 12. The molecule has 0 fully saturated rings. The molecule has 0 N–H and O–H groups in total. The lowest BCUT2D eigenvalue weighted by Crippen LogP contribution is -2.25. The minimum absolute atomic E-state index is 0.233. The molecule has 0 amide bonds. The fraction of sp³-hybridized carbons (Fsp3) is 0.151. The summed E-state index contributed by atoms with van der Waals surface area (Å²) in [5.74, 6) is 29.5. The molecule has 11 rings (SSSR count). The van der Waals surface area contributed by atoms with Crippen molar-refractivity contribution in [2.24, 2.45) is 0 Å². The Morgan fingerprint density at radius 1 is 0.325 bits per heavy atom. The number of ether oxygens (including phenoxy) is 4. The van der Waals surface area contributed by atoms with Gasteiger partial charge in [-0.25, -0.2) is 9.97 Å². The van der Waals surface area contributed by atoms with Gasteiger partial charge in [0.25, 0.3) is 0 Å². The van der Waals surface area contributed by atoms with Gasteiger partial charge in [-0.05, 0) is 132 Å². The molecule has 1 aliphatic rings. The lowest BCUT2D eigenvalue weighted by atomic mass is 9.71. The van der Waals surface area contributed by atoms with E-state index in [1.807, 2.05) is 121 Å². The molecule has 10 heteroatoms. The summed E-state index contributed by atoms with van der Waals surface area (Å²) in [5, 5.41) is 0. The SMILES string of the molecule is CCCC1(CCC)c2cc(C#Cc3cc(OC)c(C#Cc4cc(-c5ccccn5)nc(-c5ccccn5)c4)cc3OC)ccc2-c2ccc(C#Cc3cc(OC)c(C#Cc4cc(-c5ccccn5)nc(-c5ccccn5)c4)cc3OC)cc21. The Labute approximate surface area is 485 Å².